The molecule has 14 heavy (non-hydrogen) atoms. The quantitative estimate of drug-likeness (QED) is 0.684. The summed E-state index contributed by atoms with van der Waals surface area (Å²) in [5.74, 6) is 1.26. The van der Waals surface area contributed by atoms with Crippen molar-refractivity contribution < 1.29 is 4.39 Å². The summed E-state index contributed by atoms with van der Waals surface area (Å²) in [6, 6.07) is 0.720. The first-order valence-corrected chi connectivity index (χ1v) is 6.08. The van der Waals surface area contributed by atoms with Crippen LogP contribution < -0.4 is 5.32 Å². The van der Waals surface area contributed by atoms with Crippen LogP contribution in [0, 0.1) is 11.8 Å². The number of hydrogen-bond donors (Lipinski definition) is 1. The van der Waals surface area contributed by atoms with E-state index in [2.05, 4.69) is 19.2 Å². The Morgan fingerprint density at radius 1 is 1.14 bits per heavy atom. The zero-order valence-electron chi connectivity index (χ0n) is 9.30. The molecular weight excluding hydrogens is 177 g/mol. The Labute approximate surface area is 86.5 Å². The van der Waals surface area contributed by atoms with Crippen molar-refractivity contribution in [3.8, 4) is 0 Å². The van der Waals surface area contributed by atoms with Crippen LogP contribution in [0.25, 0.3) is 0 Å². The molecule has 1 heterocycles. The van der Waals surface area contributed by atoms with Gasteiger partial charge in [-0.2, -0.15) is 0 Å². The fraction of sp³-hybridized carbons (Fsp3) is 1.00. The second-order valence-corrected chi connectivity index (χ2v) is 5.33. The third-order valence-corrected chi connectivity index (χ3v) is 4.01. The maximum absolute atomic E-state index is 13.7. The van der Waals surface area contributed by atoms with Gasteiger partial charge in [0.25, 0.3) is 0 Å². The SMILES string of the molecule is CC(C)C1CCC2CCCC(F)C2N1. The maximum atomic E-state index is 13.7. The fourth-order valence-electron chi connectivity index (χ4n) is 3.04. The van der Waals surface area contributed by atoms with Crippen LogP contribution in [-0.2, 0) is 0 Å². The van der Waals surface area contributed by atoms with Crippen LogP contribution in [0.15, 0.2) is 0 Å². The smallest absolute Gasteiger partial charge is 0.116 e. The van der Waals surface area contributed by atoms with Crippen LogP contribution in [0.3, 0.4) is 0 Å². The molecule has 1 aliphatic heterocycles. The molecule has 4 unspecified atom stereocenters. The summed E-state index contributed by atoms with van der Waals surface area (Å²) in [5.41, 5.74) is 0. The second-order valence-electron chi connectivity index (χ2n) is 5.33. The number of alkyl halides is 1. The minimum atomic E-state index is -0.588. The average molecular weight is 199 g/mol. The van der Waals surface area contributed by atoms with Gasteiger partial charge in [0.1, 0.15) is 6.17 Å². The summed E-state index contributed by atoms with van der Waals surface area (Å²) < 4.78 is 13.7. The molecule has 2 rings (SSSR count). The summed E-state index contributed by atoms with van der Waals surface area (Å²) in [6.07, 6.45) is 5.00. The Balaban J connectivity index is 1.98. The lowest BCUT2D eigenvalue weighted by atomic mass is 9.75. The van der Waals surface area contributed by atoms with Gasteiger partial charge in [0.2, 0.25) is 0 Å². The largest absolute Gasteiger partial charge is 0.308 e. The molecule has 0 aromatic rings. The van der Waals surface area contributed by atoms with E-state index in [1.807, 2.05) is 0 Å². The van der Waals surface area contributed by atoms with E-state index in [1.54, 1.807) is 0 Å². The molecular formula is C12H22FN. The van der Waals surface area contributed by atoms with E-state index in [4.69, 9.17) is 0 Å². The summed E-state index contributed by atoms with van der Waals surface area (Å²) in [4.78, 5) is 0. The fourth-order valence-corrected chi connectivity index (χ4v) is 3.04. The van der Waals surface area contributed by atoms with Crippen molar-refractivity contribution in [1.82, 2.24) is 5.32 Å². The Kier molecular flexibility index (Phi) is 3.10. The van der Waals surface area contributed by atoms with Gasteiger partial charge in [-0.15, -0.1) is 0 Å². The molecule has 0 aromatic heterocycles. The van der Waals surface area contributed by atoms with E-state index >= 15 is 0 Å². The molecule has 2 heteroatoms. The van der Waals surface area contributed by atoms with Crippen molar-refractivity contribution in [2.45, 2.75) is 64.2 Å². The van der Waals surface area contributed by atoms with Crippen LogP contribution in [0.2, 0.25) is 0 Å². The number of fused-ring (bicyclic) bond motifs is 1. The van der Waals surface area contributed by atoms with Crippen LogP contribution in [0.5, 0.6) is 0 Å². The minimum absolute atomic E-state index is 0.171. The predicted octanol–water partition coefficient (Wildman–Crippen LogP) is 2.90. The third-order valence-electron chi connectivity index (χ3n) is 4.01. The van der Waals surface area contributed by atoms with Gasteiger partial charge in [-0.25, -0.2) is 4.39 Å². The average Bonchev–Trinajstić information content (AvgIpc) is 2.18. The van der Waals surface area contributed by atoms with Gasteiger partial charge in [0, 0.05) is 12.1 Å². The molecule has 2 fully saturated rings. The summed E-state index contributed by atoms with van der Waals surface area (Å²) in [6.45, 7) is 4.46. The van der Waals surface area contributed by atoms with Crippen molar-refractivity contribution in [2.75, 3.05) is 0 Å². The molecule has 1 aliphatic carbocycles. The van der Waals surface area contributed by atoms with E-state index in [0.717, 1.165) is 12.8 Å². The Hall–Kier alpha value is -0.110. The van der Waals surface area contributed by atoms with Crippen molar-refractivity contribution >= 4 is 0 Å². The highest BCUT2D eigenvalue weighted by Crippen LogP contribution is 2.35. The summed E-state index contributed by atoms with van der Waals surface area (Å²) in [5, 5.41) is 3.53. The number of halogens is 1. The van der Waals surface area contributed by atoms with E-state index in [-0.39, 0.29) is 6.04 Å². The van der Waals surface area contributed by atoms with Crippen LogP contribution >= 0.6 is 0 Å². The van der Waals surface area contributed by atoms with Crippen LogP contribution in [0.1, 0.15) is 46.0 Å². The summed E-state index contributed by atoms with van der Waals surface area (Å²) in [7, 11) is 0. The van der Waals surface area contributed by atoms with Gasteiger partial charge >= 0.3 is 0 Å². The molecule has 1 saturated heterocycles. The van der Waals surface area contributed by atoms with Gasteiger partial charge < -0.3 is 5.32 Å². The second kappa shape index (κ2) is 4.18. The Bertz CT molecular complexity index is 193. The third kappa shape index (κ3) is 1.95. The number of nitrogens with one attached hydrogen (secondary N) is 1. The molecule has 0 aromatic carbocycles. The summed E-state index contributed by atoms with van der Waals surface area (Å²) >= 11 is 0. The minimum Gasteiger partial charge on any atom is -0.308 e. The maximum Gasteiger partial charge on any atom is 0.116 e. The van der Waals surface area contributed by atoms with Crippen molar-refractivity contribution in [3.05, 3.63) is 0 Å². The van der Waals surface area contributed by atoms with Gasteiger partial charge in [-0.3, -0.25) is 0 Å². The lowest BCUT2D eigenvalue weighted by Gasteiger charge is -2.43. The van der Waals surface area contributed by atoms with Gasteiger partial charge in [-0.05, 0) is 37.5 Å². The molecule has 2 aliphatic rings. The molecule has 1 saturated carbocycles. The molecule has 82 valence electrons. The molecule has 0 amide bonds. The molecule has 1 N–H and O–H groups in total. The number of piperidine rings is 1. The normalized spacial score (nSPS) is 43.7. The molecule has 0 spiro atoms. The number of hydrogen-bond acceptors (Lipinski definition) is 1. The van der Waals surface area contributed by atoms with E-state index in [1.165, 1.54) is 19.3 Å². The first kappa shape index (κ1) is 10.4. The Morgan fingerprint density at radius 3 is 2.64 bits per heavy atom. The Morgan fingerprint density at radius 2 is 1.93 bits per heavy atom. The predicted molar refractivity (Wildman–Crippen MR) is 57.0 cm³/mol. The van der Waals surface area contributed by atoms with Gasteiger partial charge in [0.05, 0.1) is 0 Å². The van der Waals surface area contributed by atoms with E-state index in [9.17, 15) is 4.39 Å². The lowest BCUT2D eigenvalue weighted by Crippen LogP contribution is -2.55. The molecule has 4 atom stereocenters. The zero-order valence-corrected chi connectivity index (χ0v) is 9.30. The lowest BCUT2D eigenvalue weighted by molar-refractivity contribution is 0.0795. The van der Waals surface area contributed by atoms with E-state index in [0.29, 0.717) is 17.9 Å². The zero-order chi connectivity index (χ0) is 10.1. The van der Waals surface area contributed by atoms with Crippen molar-refractivity contribution in [3.63, 3.8) is 0 Å². The van der Waals surface area contributed by atoms with Gasteiger partial charge in [0.15, 0.2) is 0 Å². The molecule has 0 radical (unpaired) electrons. The monoisotopic (exact) mass is 199 g/mol. The topological polar surface area (TPSA) is 12.0 Å². The van der Waals surface area contributed by atoms with Gasteiger partial charge in [-0.1, -0.05) is 20.3 Å². The standard InChI is InChI=1S/C12H22FN/c1-8(2)11-7-6-9-4-3-5-10(13)12(9)14-11/h8-12,14H,3-7H2,1-2H3. The first-order valence-electron chi connectivity index (χ1n) is 6.08. The van der Waals surface area contributed by atoms with Crippen LogP contribution in [0.4, 0.5) is 4.39 Å². The van der Waals surface area contributed by atoms with Crippen molar-refractivity contribution in [2.24, 2.45) is 11.8 Å². The molecule has 1 nitrogen and oxygen atoms in total. The van der Waals surface area contributed by atoms with E-state index < -0.39 is 6.17 Å². The van der Waals surface area contributed by atoms with Crippen molar-refractivity contribution in [1.29, 1.82) is 0 Å². The number of rotatable bonds is 1. The first-order chi connectivity index (χ1) is 6.68. The highest BCUT2D eigenvalue weighted by molar-refractivity contribution is 4.94. The van der Waals surface area contributed by atoms with Crippen LogP contribution in [-0.4, -0.2) is 18.3 Å². The highest BCUT2D eigenvalue weighted by Gasteiger charge is 2.38. The highest BCUT2D eigenvalue weighted by atomic mass is 19.1. The molecule has 0 bridgehead atoms.